The predicted octanol–water partition coefficient (Wildman–Crippen LogP) is 2.65. The average Bonchev–Trinajstić information content (AvgIpc) is 2.89. The maximum Gasteiger partial charge on any atom is 0.216 e. The van der Waals surface area contributed by atoms with E-state index in [0.29, 0.717) is 5.92 Å². The number of nitrogens with zero attached hydrogens (tertiary/aromatic N) is 2. The van der Waals surface area contributed by atoms with Crippen LogP contribution < -0.4 is 10.2 Å². The number of hydrogen-bond donors (Lipinski definition) is 1. The fourth-order valence-corrected chi connectivity index (χ4v) is 3.65. The second-order valence-electron chi connectivity index (χ2n) is 5.37. The Morgan fingerprint density at radius 2 is 2.15 bits per heavy atom. The van der Waals surface area contributed by atoms with Gasteiger partial charge in [0.05, 0.1) is 5.52 Å². The summed E-state index contributed by atoms with van der Waals surface area (Å²) < 4.78 is 4.52. The normalized spacial score (nSPS) is 16.6. The largest absolute Gasteiger partial charge is 0.362 e. The van der Waals surface area contributed by atoms with Crippen molar-refractivity contribution in [3.8, 4) is 0 Å². The molecule has 1 aliphatic heterocycles. The molecule has 1 aromatic carbocycles. The van der Waals surface area contributed by atoms with Gasteiger partial charge in [-0.2, -0.15) is 4.37 Å². The Kier molecular flexibility index (Phi) is 3.87. The summed E-state index contributed by atoms with van der Waals surface area (Å²) in [5, 5.41) is 5.48. The van der Waals surface area contributed by atoms with Crippen molar-refractivity contribution in [2.45, 2.75) is 19.8 Å². The van der Waals surface area contributed by atoms with Gasteiger partial charge < -0.3 is 10.2 Å². The number of aromatic nitrogens is 1. The van der Waals surface area contributed by atoms with Gasteiger partial charge in [0.1, 0.15) is 5.00 Å². The summed E-state index contributed by atoms with van der Waals surface area (Å²) in [7, 11) is 0. The topological polar surface area (TPSA) is 45.2 Å². The van der Waals surface area contributed by atoms with E-state index >= 15 is 0 Å². The molecule has 0 spiro atoms. The Labute approximate surface area is 122 Å². The quantitative estimate of drug-likeness (QED) is 0.945. The number of carbonyl (C=O) groups excluding carboxylic acids is 1. The minimum absolute atomic E-state index is 0.0703. The van der Waals surface area contributed by atoms with E-state index in [1.807, 2.05) is 6.07 Å². The fourth-order valence-electron chi connectivity index (χ4n) is 2.73. The van der Waals surface area contributed by atoms with Gasteiger partial charge in [0.15, 0.2) is 0 Å². The van der Waals surface area contributed by atoms with Crippen LogP contribution in [0.2, 0.25) is 0 Å². The molecule has 106 valence electrons. The lowest BCUT2D eigenvalue weighted by atomic mass is 9.97. The van der Waals surface area contributed by atoms with Gasteiger partial charge in [0.25, 0.3) is 0 Å². The third kappa shape index (κ3) is 2.77. The molecule has 1 fully saturated rings. The summed E-state index contributed by atoms with van der Waals surface area (Å²) in [4.78, 5) is 13.4. The minimum Gasteiger partial charge on any atom is -0.362 e. The van der Waals surface area contributed by atoms with Gasteiger partial charge in [-0.15, -0.1) is 0 Å². The molecule has 2 heterocycles. The minimum atomic E-state index is 0.0703. The number of benzene rings is 1. The number of anilines is 1. The van der Waals surface area contributed by atoms with Crippen LogP contribution in [0.3, 0.4) is 0 Å². The number of fused-ring (bicyclic) bond motifs is 1. The van der Waals surface area contributed by atoms with Crippen LogP contribution in [-0.2, 0) is 4.79 Å². The predicted molar refractivity (Wildman–Crippen MR) is 83.2 cm³/mol. The van der Waals surface area contributed by atoms with Crippen molar-refractivity contribution in [3.63, 3.8) is 0 Å². The molecule has 2 aromatic rings. The summed E-state index contributed by atoms with van der Waals surface area (Å²) in [5.41, 5.74) is 1.09. The summed E-state index contributed by atoms with van der Waals surface area (Å²) in [6.07, 6.45) is 2.26. The third-order valence-corrected chi connectivity index (χ3v) is 4.85. The molecule has 3 rings (SSSR count). The molecular formula is C15H19N3OS. The van der Waals surface area contributed by atoms with E-state index in [2.05, 4.69) is 32.8 Å². The van der Waals surface area contributed by atoms with Crippen LogP contribution >= 0.6 is 11.5 Å². The molecule has 5 heteroatoms. The zero-order valence-electron chi connectivity index (χ0n) is 11.6. The van der Waals surface area contributed by atoms with E-state index in [1.54, 1.807) is 18.5 Å². The van der Waals surface area contributed by atoms with E-state index in [-0.39, 0.29) is 5.91 Å². The molecule has 1 N–H and O–H groups in total. The molecule has 1 aromatic heterocycles. The number of carbonyl (C=O) groups is 1. The van der Waals surface area contributed by atoms with Gasteiger partial charge in [-0.05, 0) is 42.4 Å². The van der Waals surface area contributed by atoms with Crippen LogP contribution in [-0.4, -0.2) is 29.9 Å². The highest BCUT2D eigenvalue weighted by atomic mass is 32.1. The summed E-state index contributed by atoms with van der Waals surface area (Å²) in [6.45, 7) is 4.50. The first-order valence-corrected chi connectivity index (χ1v) is 7.85. The molecule has 0 unspecified atom stereocenters. The number of rotatable bonds is 3. The highest BCUT2D eigenvalue weighted by Gasteiger charge is 2.22. The average molecular weight is 289 g/mol. The Balaban J connectivity index is 1.65. The fraction of sp³-hybridized carbons (Fsp3) is 0.467. The van der Waals surface area contributed by atoms with Crippen molar-refractivity contribution in [1.29, 1.82) is 0 Å². The van der Waals surface area contributed by atoms with Gasteiger partial charge >= 0.3 is 0 Å². The smallest absolute Gasteiger partial charge is 0.216 e. The molecule has 20 heavy (non-hydrogen) atoms. The molecule has 1 aliphatic rings. The highest BCUT2D eigenvalue weighted by molar-refractivity contribution is 7.11. The van der Waals surface area contributed by atoms with E-state index in [0.717, 1.165) is 38.0 Å². The maximum atomic E-state index is 11.0. The number of nitrogens with one attached hydrogen (secondary N) is 1. The first kappa shape index (κ1) is 13.4. The monoisotopic (exact) mass is 289 g/mol. The standard InChI is InChI=1S/C15H19N3OS/c1-11(19)16-10-12-6-8-18(9-7-12)15-13-4-2-3-5-14(13)17-20-15/h2-5,12H,6-10H2,1H3,(H,16,19). The van der Waals surface area contributed by atoms with Crippen molar-refractivity contribution in [2.75, 3.05) is 24.5 Å². The van der Waals surface area contributed by atoms with Gasteiger partial charge in [0, 0.05) is 31.9 Å². The lowest BCUT2D eigenvalue weighted by Crippen LogP contribution is -2.37. The summed E-state index contributed by atoms with van der Waals surface area (Å²) >= 11 is 1.60. The molecule has 4 nitrogen and oxygen atoms in total. The van der Waals surface area contributed by atoms with E-state index in [4.69, 9.17) is 0 Å². The molecular weight excluding hydrogens is 270 g/mol. The zero-order chi connectivity index (χ0) is 13.9. The van der Waals surface area contributed by atoms with E-state index in [1.165, 1.54) is 10.4 Å². The number of hydrogen-bond acceptors (Lipinski definition) is 4. The van der Waals surface area contributed by atoms with Crippen molar-refractivity contribution in [2.24, 2.45) is 5.92 Å². The number of amides is 1. The molecule has 0 atom stereocenters. The van der Waals surface area contributed by atoms with Crippen LogP contribution in [0.4, 0.5) is 5.00 Å². The molecule has 1 amide bonds. The Morgan fingerprint density at radius 3 is 2.90 bits per heavy atom. The van der Waals surface area contributed by atoms with Crippen molar-refractivity contribution < 1.29 is 4.79 Å². The lowest BCUT2D eigenvalue weighted by molar-refractivity contribution is -0.119. The van der Waals surface area contributed by atoms with Gasteiger partial charge in [0.2, 0.25) is 5.91 Å². The molecule has 0 radical (unpaired) electrons. The van der Waals surface area contributed by atoms with Crippen molar-refractivity contribution in [1.82, 2.24) is 9.69 Å². The van der Waals surface area contributed by atoms with Crippen LogP contribution in [0.5, 0.6) is 0 Å². The molecule has 0 bridgehead atoms. The summed E-state index contributed by atoms with van der Waals surface area (Å²) in [5.74, 6) is 0.676. The molecule has 0 aliphatic carbocycles. The van der Waals surface area contributed by atoms with Crippen molar-refractivity contribution in [3.05, 3.63) is 24.3 Å². The number of piperidine rings is 1. The van der Waals surface area contributed by atoms with Crippen molar-refractivity contribution >= 4 is 33.3 Å². The SMILES string of the molecule is CC(=O)NCC1CCN(c2snc3ccccc23)CC1. The first-order chi connectivity index (χ1) is 9.74. The second kappa shape index (κ2) is 5.79. The Bertz CT molecular complexity index is 602. The molecule has 0 saturated carbocycles. The van der Waals surface area contributed by atoms with Gasteiger partial charge in [-0.1, -0.05) is 12.1 Å². The van der Waals surface area contributed by atoms with Crippen LogP contribution in [0.15, 0.2) is 24.3 Å². The van der Waals surface area contributed by atoms with Gasteiger partial charge in [-0.3, -0.25) is 4.79 Å². The van der Waals surface area contributed by atoms with Crippen LogP contribution in [0.1, 0.15) is 19.8 Å². The first-order valence-electron chi connectivity index (χ1n) is 7.08. The highest BCUT2D eigenvalue weighted by Crippen LogP contribution is 2.33. The van der Waals surface area contributed by atoms with Crippen LogP contribution in [0, 0.1) is 5.92 Å². The maximum absolute atomic E-state index is 11.0. The second-order valence-corrected chi connectivity index (χ2v) is 6.12. The zero-order valence-corrected chi connectivity index (χ0v) is 12.4. The Morgan fingerprint density at radius 1 is 1.40 bits per heavy atom. The van der Waals surface area contributed by atoms with E-state index in [9.17, 15) is 4.79 Å². The van der Waals surface area contributed by atoms with Crippen LogP contribution in [0.25, 0.3) is 10.9 Å². The Hall–Kier alpha value is -1.62. The molecule has 1 saturated heterocycles. The van der Waals surface area contributed by atoms with E-state index < -0.39 is 0 Å². The lowest BCUT2D eigenvalue weighted by Gasteiger charge is -2.32. The van der Waals surface area contributed by atoms with Gasteiger partial charge in [-0.25, -0.2) is 0 Å². The third-order valence-electron chi connectivity index (χ3n) is 3.91. The summed E-state index contributed by atoms with van der Waals surface area (Å²) in [6, 6.07) is 8.33.